The Kier molecular flexibility index (Phi) is 36.7. The van der Waals surface area contributed by atoms with Crippen LogP contribution in [0.1, 0.15) is 142 Å². The first-order valence-electron chi connectivity index (χ1n) is 23.0. The molecule has 3 unspecified atom stereocenters. The first-order valence-corrected chi connectivity index (χ1v) is 23.0. The molecule has 0 aromatic heterocycles. The molecule has 0 aromatic carbocycles. The van der Waals surface area contributed by atoms with E-state index >= 15 is 0 Å². The van der Waals surface area contributed by atoms with Gasteiger partial charge in [-0.3, -0.25) is 9.59 Å². The van der Waals surface area contributed by atoms with Crippen molar-refractivity contribution in [2.24, 2.45) is 0 Å². The predicted octanol–water partition coefficient (Wildman–Crippen LogP) is 10.1. The molecule has 61 heavy (non-hydrogen) atoms. The number of hydrogen-bond acceptors (Lipinski definition) is 10. The Balaban J connectivity index is 2.33. The summed E-state index contributed by atoms with van der Waals surface area (Å²) in [5.74, 6) is -0.873. The van der Waals surface area contributed by atoms with E-state index in [9.17, 15) is 30.0 Å². The van der Waals surface area contributed by atoms with Crippen LogP contribution >= 0.6 is 0 Å². The van der Waals surface area contributed by atoms with Crippen molar-refractivity contribution in [3.63, 3.8) is 0 Å². The zero-order valence-corrected chi connectivity index (χ0v) is 37.4. The second-order valence-electron chi connectivity index (χ2n) is 15.1. The molecule has 6 atom stereocenters. The number of hydrogen-bond donors (Lipinski definition) is 4. The van der Waals surface area contributed by atoms with Crippen molar-refractivity contribution in [2.45, 2.75) is 179 Å². The summed E-state index contributed by atoms with van der Waals surface area (Å²) >= 11 is 0. The molecular formula is C51H80O10. The van der Waals surface area contributed by atoms with E-state index in [0.29, 0.717) is 12.8 Å². The van der Waals surface area contributed by atoms with E-state index in [2.05, 4.69) is 105 Å². The van der Waals surface area contributed by atoms with E-state index in [1.54, 1.807) is 0 Å². The van der Waals surface area contributed by atoms with Gasteiger partial charge in [-0.05, 0) is 83.5 Å². The summed E-state index contributed by atoms with van der Waals surface area (Å²) in [6, 6.07) is 0. The fourth-order valence-electron chi connectivity index (χ4n) is 6.13. The summed E-state index contributed by atoms with van der Waals surface area (Å²) < 4.78 is 22.1. The molecule has 0 aromatic rings. The van der Waals surface area contributed by atoms with Gasteiger partial charge in [0.15, 0.2) is 12.4 Å². The molecule has 1 heterocycles. The molecule has 1 saturated heterocycles. The van der Waals surface area contributed by atoms with Gasteiger partial charge in [-0.1, -0.05) is 155 Å². The molecule has 344 valence electrons. The van der Waals surface area contributed by atoms with E-state index < -0.39 is 55.4 Å². The number of rotatable bonds is 36. The number of aliphatic hydroxyl groups excluding tert-OH is 4. The van der Waals surface area contributed by atoms with Crippen molar-refractivity contribution in [1.29, 1.82) is 0 Å². The number of unbranched alkanes of at least 4 members (excludes halogenated alkanes) is 9. The number of allylic oxidation sites excluding steroid dienone is 18. The van der Waals surface area contributed by atoms with Gasteiger partial charge in [0.25, 0.3) is 0 Å². The Morgan fingerprint density at radius 1 is 0.525 bits per heavy atom. The first-order chi connectivity index (χ1) is 29.8. The Labute approximate surface area is 368 Å². The SMILES string of the molecule is CC/C=C/C=C/C=C/CCCCCCCC(=O)OC(COC(=O)CCCCCC/C=C/C/C=C/C/C=C/C/C=C/C/C=C/C/C=C/CC)CO[C@H]1O[C@@H](CO)[C@@H](O)C(O)C1O. The maximum atomic E-state index is 12.8. The highest BCUT2D eigenvalue weighted by Gasteiger charge is 2.44. The molecule has 0 bridgehead atoms. The van der Waals surface area contributed by atoms with E-state index in [1.807, 2.05) is 18.2 Å². The third-order valence-electron chi connectivity index (χ3n) is 9.71. The molecule has 0 aliphatic carbocycles. The van der Waals surface area contributed by atoms with Crippen LogP contribution in [0.25, 0.3) is 0 Å². The molecule has 0 spiro atoms. The summed E-state index contributed by atoms with van der Waals surface area (Å²) in [5, 5.41) is 40.1. The summed E-state index contributed by atoms with van der Waals surface area (Å²) in [5.41, 5.74) is 0. The van der Waals surface area contributed by atoms with Gasteiger partial charge >= 0.3 is 11.9 Å². The van der Waals surface area contributed by atoms with Crippen LogP contribution in [0.3, 0.4) is 0 Å². The average Bonchev–Trinajstić information content (AvgIpc) is 3.26. The van der Waals surface area contributed by atoms with Gasteiger partial charge in [-0.25, -0.2) is 0 Å². The zero-order chi connectivity index (χ0) is 44.4. The van der Waals surface area contributed by atoms with Gasteiger partial charge in [0, 0.05) is 12.8 Å². The summed E-state index contributed by atoms with van der Waals surface area (Å²) in [6.07, 6.45) is 48.1. The van der Waals surface area contributed by atoms with Crippen molar-refractivity contribution >= 4 is 11.9 Å². The van der Waals surface area contributed by atoms with Crippen LogP contribution in [-0.4, -0.2) is 89.0 Å². The number of aliphatic hydroxyl groups is 4. The van der Waals surface area contributed by atoms with Crippen LogP contribution in [0.2, 0.25) is 0 Å². The van der Waals surface area contributed by atoms with E-state index in [1.165, 1.54) is 0 Å². The third-order valence-corrected chi connectivity index (χ3v) is 9.71. The Morgan fingerprint density at radius 2 is 1.00 bits per heavy atom. The van der Waals surface area contributed by atoms with Crippen molar-refractivity contribution < 1.29 is 49.0 Å². The van der Waals surface area contributed by atoms with Crippen molar-refractivity contribution in [3.8, 4) is 0 Å². The van der Waals surface area contributed by atoms with E-state index in [0.717, 1.165) is 103 Å². The maximum absolute atomic E-state index is 12.8. The Morgan fingerprint density at radius 3 is 1.56 bits per heavy atom. The van der Waals surface area contributed by atoms with Gasteiger partial charge in [-0.15, -0.1) is 0 Å². The quantitative estimate of drug-likeness (QED) is 0.0207. The minimum atomic E-state index is -1.61. The van der Waals surface area contributed by atoms with Gasteiger partial charge in [0.1, 0.15) is 31.0 Å². The van der Waals surface area contributed by atoms with Crippen LogP contribution in [-0.2, 0) is 28.5 Å². The van der Waals surface area contributed by atoms with E-state index in [4.69, 9.17) is 18.9 Å². The van der Waals surface area contributed by atoms with Gasteiger partial charge in [0.05, 0.1) is 13.2 Å². The van der Waals surface area contributed by atoms with Crippen LogP contribution < -0.4 is 0 Å². The lowest BCUT2D eigenvalue weighted by molar-refractivity contribution is -0.305. The Hall–Kier alpha value is -3.64. The lowest BCUT2D eigenvalue weighted by Gasteiger charge is -2.39. The molecule has 1 aliphatic rings. The normalized spacial score (nSPS) is 20.8. The number of ether oxygens (including phenoxy) is 4. The molecule has 10 nitrogen and oxygen atoms in total. The molecule has 0 radical (unpaired) electrons. The summed E-state index contributed by atoms with van der Waals surface area (Å²) in [7, 11) is 0. The first kappa shape index (κ1) is 55.4. The zero-order valence-electron chi connectivity index (χ0n) is 37.4. The summed E-state index contributed by atoms with van der Waals surface area (Å²) in [4.78, 5) is 25.3. The number of carbonyl (C=O) groups is 2. The Bertz CT molecular complexity index is 1350. The summed E-state index contributed by atoms with van der Waals surface area (Å²) in [6.45, 7) is 3.10. The predicted molar refractivity (Wildman–Crippen MR) is 247 cm³/mol. The van der Waals surface area contributed by atoms with Crippen LogP contribution in [0, 0.1) is 0 Å². The fourth-order valence-corrected chi connectivity index (χ4v) is 6.13. The third kappa shape index (κ3) is 31.8. The van der Waals surface area contributed by atoms with E-state index in [-0.39, 0.29) is 26.1 Å². The second kappa shape index (κ2) is 40.4. The molecular weight excluding hydrogens is 773 g/mol. The van der Waals surface area contributed by atoms with Crippen LogP contribution in [0.15, 0.2) is 109 Å². The molecule has 0 amide bonds. The monoisotopic (exact) mass is 853 g/mol. The molecule has 10 heteroatoms. The minimum absolute atomic E-state index is 0.193. The minimum Gasteiger partial charge on any atom is -0.462 e. The lowest BCUT2D eigenvalue weighted by atomic mass is 9.99. The largest absolute Gasteiger partial charge is 0.462 e. The average molecular weight is 853 g/mol. The smallest absolute Gasteiger partial charge is 0.306 e. The van der Waals surface area contributed by atoms with Gasteiger partial charge in [-0.2, -0.15) is 0 Å². The standard InChI is InChI=1S/C51H80O10/c1-3-5-7-9-11-13-15-17-18-19-20-21-22-23-24-25-26-28-29-31-33-35-37-39-46(53)58-42-44(43-59-51-50(57)49(56)48(55)45(41-52)61-51)60-47(54)40-38-36-34-32-30-27-16-14-12-10-8-6-4-2/h5-8,10-14,16-18,20-21,23-24,26,28,44-45,48-52,55-57H,3-4,9,15,19,22,25,27,29-43H2,1-2H3/b7-5+,8-6+,12-10+,13-11+,16-14+,18-17+,21-20+,24-23+,28-26+/t44?,45-,48+,49?,50?,51-/m0/s1. The second-order valence-corrected chi connectivity index (χ2v) is 15.1. The van der Waals surface area contributed by atoms with Gasteiger partial charge < -0.3 is 39.4 Å². The number of carbonyl (C=O) groups excluding carboxylic acids is 2. The topological polar surface area (TPSA) is 152 Å². The highest BCUT2D eigenvalue weighted by Crippen LogP contribution is 2.22. The van der Waals surface area contributed by atoms with Crippen molar-refractivity contribution in [3.05, 3.63) is 109 Å². The van der Waals surface area contributed by atoms with Crippen molar-refractivity contribution in [2.75, 3.05) is 19.8 Å². The van der Waals surface area contributed by atoms with Gasteiger partial charge in [0.2, 0.25) is 0 Å². The molecule has 1 rings (SSSR count). The highest BCUT2D eigenvalue weighted by molar-refractivity contribution is 5.70. The maximum Gasteiger partial charge on any atom is 0.306 e. The lowest BCUT2D eigenvalue weighted by Crippen LogP contribution is -2.59. The molecule has 0 saturated carbocycles. The molecule has 1 aliphatic heterocycles. The number of esters is 2. The van der Waals surface area contributed by atoms with Crippen LogP contribution in [0.5, 0.6) is 0 Å². The molecule has 4 N–H and O–H groups in total. The fraction of sp³-hybridized carbons (Fsp3) is 0.608. The van der Waals surface area contributed by atoms with Crippen molar-refractivity contribution in [1.82, 2.24) is 0 Å². The highest BCUT2D eigenvalue weighted by atomic mass is 16.7. The van der Waals surface area contributed by atoms with Crippen LogP contribution in [0.4, 0.5) is 0 Å². The molecule has 1 fully saturated rings.